The smallest absolute Gasteiger partial charge is 0.220 e. The summed E-state index contributed by atoms with van der Waals surface area (Å²) in [6.45, 7) is 4.29. The standard InChI is InChI=1S/C14H28N2O/c1-3-7-12(4-2)16-14(17)10-11-8-5-6-9-13(11)15/h11-13H,3-10,15H2,1-2H3,(H,16,17). The van der Waals surface area contributed by atoms with E-state index in [9.17, 15) is 4.79 Å². The lowest BCUT2D eigenvalue weighted by molar-refractivity contribution is -0.123. The zero-order chi connectivity index (χ0) is 12.7. The van der Waals surface area contributed by atoms with E-state index < -0.39 is 0 Å². The maximum Gasteiger partial charge on any atom is 0.220 e. The molecule has 3 heteroatoms. The van der Waals surface area contributed by atoms with Crippen molar-refractivity contribution in [1.29, 1.82) is 0 Å². The monoisotopic (exact) mass is 240 g/mol. The summed E-state index contributed by atoms with van der Waals surface area (Å²) in [6.07, 6.45) is 8.53. The third kappa shape index (κ3) is 5.07. The molecule has 0 saturated heterocycles. The number of carbonyl (C=O) groups excluding carboxylic acids is 1. The Morgan fingerprint density at radius 2 is 2.06 bits per heavy atom. The van der Waals surface area contributed by atoms with Gasteiger partial charge in [0.25, 0.3) is 0 Å². The van der Waals surface area contributed by atoms with E-state index in [-0.39, 0.29) is 11.9 Å². The van der Waals surface area contributed by atoms with Crippen molar-refractivity contribution >= 4 is 5.91 Å². The first-order valence-electron chi connectivity index (χ1n) is 7.22. The van der Waals surface area contributed by atoms with Crippen LogP contribution in [0, 0.1) is 5.92 Å². The minimum Gasteiger partial charge on any atom is -0.353 e. The topological polar surface area (TPSA) is 55.1 Å². The summed E-state index contributed by atoms with van der Waals surface area (Å²) in [6, 6.07) is 0.591. The van der Waals surface area contributed by atoms with Gasteiger partial charge in [0.15, 0.2) is 0 Å². The molecule has 100 valence electrons. The van der Waals surface area contributed by atoms with Crippen LogP contribution in [-0.4, -0.2) is 18.0 Å². The van der Waals surface area contributed by atoms with E-state index in [0.29, 0.717) is 18.4 Å². The van der Waals surface area contributed by atoms with Crippen molar-refractivity contribution in [2.24, 2.45) is 11.7 Å². The Balaban J connectivity index is 2.32. The summed E-state index contributed by atoms with van der Waals surface area (Å²) in [4.78, 5) is 11.9. The Morgan fingerprint density at radius 3 is 2.65 bits per heavy atom. The highest BCUT2D eigenvalue weighted by Gasteiger charge is 2.24. The summed E-state index contributed by atoms with van der Waals surface area (Å²) in [5.41, 5.74) is 6.07. The lowest BCUT2D eigenvalue weighted by Crippen LogP contribution is -2.40. The predicted molar refractivity (Wildman–Crippen MR) is 71.7 cm³/mol. The van der Waals surface area contributed by atoms with Gasteiger partial charge >= 0.3 is 0 Å². The summed E-state index contributed by atoms with van der Waals surface area (Å²) < 4.78 is 0. The largest absolute Gasteiger partial charge is 0.353 e. The van der Waals surface area contributed by atoms with E-state index >= 15 is 0 Å². The molecule has 0 aromatic rings. The Bertz CT molecular complexity index is 230. The molecule has 0 spiro atoms. The molecule has 3 unspecified atom stereocenters. The van der Waals surface area contributed by atoms with Gasteiger partial charge in [-0.25, -0.2) is 0 Å². The van der Waals surface area contributed by atoms with Crippen LogP contribution in [0.15, 0.2) is 0 Å². The van der Waals surface area contributed by atoms with Crippen LogP contribution in [0.4, 0.5) is 0 Å². The molecule has 3 nitrogen and oxygen atoms in total. The Labute approximate surface area is 106 Å². The molecule has 1 saturated carbocycles. The number of amides is 1. The quantitative estimate of drug-likeness (QED) is 0.750. The number of carbonyl (C=O) groups is 1. The second-order valence-electron chi connectivity index (χ2n) is 5.37. The van der Waals surface area contributed by atoms with Crippen LogP contribution >= 0.6 is 0 Å². The van der Waals surface area contributed by atoms with Crippen LogP contribution in [0.25, 0.3) is 0 Å². The van der Waals surface area contributed by atoms with Crippen LogP contribution in [-0.2, 0) is 4.79 Å². The van der Waals surface area contributed by atoms with Gasteiger partial charge in [-0.05, 0) is 31.6 Å². The average molecular weight is 240 g/mol. The molecular weight excluding hydrogens is 212 g/mol. The number of rotatable bonds is 6. The fourth-order valence-electron chi connectivity index (χ4n) is 2.74. The van der Waals surface area contributed by atoms with Crippen molar-refractivity contribution in [2.45, 2.75) is 77.3 Å². The van der Waals surface area contributed by atoms with Gasteiger partial charge in [-0.15, -0.1) is 0 Å². The van der Waals surface area contributed by atoms with Crippen molar-refractivity contribution < 1.29 is 4.79 Å². The predicted octanol–water partition coefficient (Wildman–Crippen LogP) is 2.59. The molecule has 0 bridgehead atoms. The number of hydrogen-bond donors (Lipinski definition) is 2. The van der Waals surface area contributed by atoms with Crippen molar-refractivity contribution in [3.05, 3.63) is 0 Å². The minimum absolute atomic E-state index is 0.202. The molecule has 1 rings (SSSR count). The fourth-order valence-corrected chi connectivity index (χ4v) is 2.74. The first kappa shape index (κ1) is 14.5. The van der Waals surface area contributed by atoms with E-state index in [4.69, 9.17) is 5.73 Å². The van der Waals surface area contributed by atoms with Gasteiger partial charge in [0.05, 0.1) is 0 Å². The molecule has 0 radical (unpaired) electrons. The lowest BCUT2D eigenvalue weighted by Gasteiger charge is -2.28. The highest BCUT2D eigenvalue weighted by Crippen LogP contribution is 2.25. The van der Waals surface area contributed by atoms with Gasteiger partial charge in [0, 0.05) is 18.5 Å². The minimum atomic E-state index is 0.202. The molecule has 0 heterocycles. The van der Waals surface area contributed by atoms with Crippen LogP contribution < -0.4 is 11.1 Å². The van der Waals surface area contributed by atoms with Gasteiger partial charge in [0.1, 0.15) is 0 Å². The molecule has 0 aliphatic heterocycles. The average Bonchev–Trinajstić information content (AvgIpc) is 2.31. The van der Waals surface area contributed by atoms with Crippen LogP contribution in [0.2, 0.25) is 0 Å². The van der Waals surface area contributed by atoms with E-state index in [1.165, 1.54) is 12.8 Å². The zero-order valence-electron chi connectivity index (χ0n) is 11.4. The second-order valence-corrected chi connectivity index (χ2v) is 5.37. The fraction of sp³-hybridized carbons (Fsp3) is 0.929. The normalized spacial score (nSPS) is 26.5. The molecular formula is C14H28N2O. The molecule has 0 aromatic heterocycles. The SMILES string of the molecule is CCCC(CC)NC(=O)CC1CCCCC1N. The van der Waals surface area contributed by atoms with Gasteiger partial charge in [-0.3, -0.25) is 4.79 Å². The molecule has 0 aromatic carbocycles. The van der Waals surface area contributed by atoms with Crippen molar-refractivity contribution in [2.75, 3.05) is 0 Å². The second kappa shape index (κ2) is 7.70. The van der Waals surface area contributed by atoms with E-state index in [2.05, 4.69) is 19.2 Å². The Hall–Kier alpha value is -0.570. The molecule has 1 aliphatic rings. The first-order valence-corrected chi connectivity index (χ1v) is 7.22. The van der Waals surface area contributed by atoms with Gasteiger partial charge in [-0.1, -0.05) is 33.1 Å². The van der Waals surface area contributed by atoms with E-state index in [1.54, 1.807) is 0 Å². The van der Waals surface area contributed by atoms with Crippen molar-refractivity contribution in [3.63, 3.8) is 0 Å². The lowest BCUT2D eigenvalue weighted by atomic mass is 9.83. The maximum absolute atomic E-state index is 11.9. The van der Waals surface area contributed by atoms with Crippen LogP contribution in [0.3, 0.4) is 0 Å². The highest BCUT2D eigenvalue weighted by atomic mass is 16.1. The summed E-state index contributed by atoms with van der Waals surface area (Å²) in [5.74, 6) is 0.607. The molecule has 1 amide bonds. The van der Waals surface area contributed by atoms with Crippen molar-refractivity contribution in [3.8, 4) is 0 Å². The van der Waals surface area contributed by atoms with Gasteiger partial charge in [-0.2, -0.15) is 0 Å². The summed E-state index contributed by atoms with van der Waals surface area (Å²) >= 11 is 0. The first-order chi connectivity index (χ1) is 8.17. The molecule has 17 heavy (non-hydrogen) atoms. The van der Waals surface area contributed by atoms with Gasteiger partial charge in [0.2, 0.25) is 5.91 Å². The maximum atomic E-state index is 11.9. The van der Waals surface area contributed by atoms with E-state index in [0.717, 1.165) is 32.1 Å². The Kier molecular flexibility index (Phi) is 6.56. The third-order valence-electron chi connectivity index (χ3n) is 3.91. The van der Waals surface area contributed by atoms with E-state index in [1.807, 2.05) is 0 Å². The van der Waals surface area contributed by atoms with Crippen LogP contribution in [0.5, 0.6) is 0 Å². The molecule has 1 fully saturated rings. The molecule has 3 atom stereocenters. The summed E-state index contributed by atoms with van der Waals surface area (Å²) in [7, 11) is 0. The molecule has 1 aliphatic carbocycles. The van der Waals surface area contributed by atoms with Crippen LogP contribution in [0.1, 0.15) is 65.2 Å². The summed E-state index contributed by atoms with van der Waals surface area (Å²) in [5, 5.41) is 3.14. The zero-order valence-corrected chi connectivity index (χ0v) is 11.4. The Morgan fingerprint density at radius 1 is 1.35 bits per heavy atom. The third-order valence-corrected chi connectivity index (χ3v) is 3.91. The number of nitrogens with one attached hydrogen (secondary N) is 1. The number of nitrogens with two attached hydrogens (primary N) is 1. The molecule has 3 N–H and O–H groups in total. The van der Waals surface area contributed by atoms with Gasteiger partial charge < -0.3 is 11.1 Å². The van der Waals surface area contributed by atoms with Crippen molar-refractivity contribution in [1.82, 2.24) is 5.32 Å². The number of hydrogen-bond acceptors (Lipinski definition) is 2. The highest BCUT2D eigenvalue weighted by molar-refractivity contribution is 5.76.